The highest BCUT2D eigenvalue weighted by atomic mass is 32.2. The number of aliphatic imine (C=N–C) groups is 2. The number of ether oxygens (including phenoxy) is 1. The molecule has 1 saturated heterocycles. The molecule has 3 aliphatic rings. The number of anilines is 2. The molecule has 3 heterocycles. The van der Waals surface area contributed by atoms with Gasteiger partial charge in [-0.15, -0.1) is 0 Å². The number of piperazine rings is 1. The summed E-state index contributed by atoms with van der Waals surface area (Å²) in [4.78, 5) is 54.7. The van der Waals surface area contributed by atoms with E-state index >= 15 is 0 Å². The van der Waals surface area contributed by atoms with Gasteiger partial charge in [0.2, 0.25) is 11.8 Å². The van der Waals surface area contributed by atoms with Crippen LogP contribution in [-0.2, 0) is 14.4 Å². The second-order valence-corrected chi connectivity index (χ2v) is 11.5. The molecule has 0 aromatic heterocycles. The Morgan fingerprint density at radius 1 is 0.955 bits per heavy atom. The molecule has 3 aromatic rings. The number of nitrogens with zero attached hydrogens (tertiary/aromatic N) is 5. The van der Waals surface area contributed by atoms with Crippen LogP contribution in [0, 0.1) is 0 Å². The number of carbonyl (C=O) groups is 3. The minimum Gasteiger partial charge on any atom is -0.494 e. The van der Waals surface area contributed by atoms with Crippen LogP contribution >= 0.6 is 11.8 Å². The lowest BCUT2D eigenvalue weighted by Gasteiger charge is -2.36. The van der Waals surface area contributed by atoms with Gasteiger partial charge in [0.25, 0.3) is 5.91 Å². The van der Waals surface area contributed by atoms with E-state index in [-0.39, 0.29) is 29.9 Å². The first-order chi connectivity index (χ1) is 21.5. The number of amides is 3. The van der Waals surface area contributed by atoms with Crippen LogP contribution < -0.4 is 15.0 Å². The van der Waals surface area contributed by atoms with E-state index in [1.807, 2.05) is 54.3 Å². The molecule has 1 fully saturated rings. The largest absolute Gasteiger partial charge is 0.494 e. The Labute approximate surface area is 260 Å². The first-order valence-electron chi connectivity index (χ1n) is 14.8. The van der Waals surface area contributed by atoms with Gasteiger partial charge in [-0.3, -0.25) is 19.4 Å². The molecule has 1 N–H and O–H groups in total. The van der Waals surface area contributed by atoms with Crippen molar-refractivity contribution in [2.45, 2.75) is 25.8 Å². The fourth-order valence-electron chi connectivity index (χ4n) is 5.49. The van der Waals surface area contributed by atoms with Crippen molar-refractivity contribution in [3.05, 3.63) is 84.4 Å². The first-order valence-corrected chi connectivity index (χ1v) is 15.8. The quantitative estimate of drug-likeness (QED) is 0.381. The van der Waals surface area contributed by atoms with Crippen LogP contribution in [-0.4, -0.2) is 83.1 Å². The zero-order valence-electron chi connectivity index (χ0n) is 24.5. The van der Waals surface area contributed by atoms with Crippen molar-refractivity contribution >= 4 is 57.5 Å². The van der Waals surface area contributed by atoms with Crippen molar-refractivity contribution in [3.8, 4) is 5.75 Å². The summed E-state index contributed by atoms with van der Waals surface area (Å²) in [6.07, 6.45) is 0.549. The van der Waals surface area contributed by atoms with E-state index in [1.165, 1.54) is 16.7 Å². The maximum Gasteiger partial charge on any atom is 0.259 e. The normalized spacial score (nSPS) is 17.4. The number of thioether (sulfide) groups is 1. The smallest absolute Gasteiger partial charge is 0.259 e. The molecule has 226 valence electrons. The SMILES string of the molecule is CCOc1ccc(NC(=O)CSC2=Nc3ccccc3C3=N[C@@H](CCC(=O)N4CCN(c5ccccc5)CC4)C(=O)N23)cc1. The minimum atomic E-state index is -0.686. The summed E-state index contributed by atoms with van der Waals surface area (Å²) in [5.74, 6) is 0.892. The van der Waals surface area contributed by atoms with Crippen LogP contribution in [0.5, 0.6) is 5.75 Å². The molecule has 3 amide bonds. The van der Waals surface area contributed by atoms with Crippen molar-refractivity contribution in [2.24, 2.45) is 9.98 Å². The number of amidine groups is 2. The summed E-state index contributed by atoms with van der Waals surface area (Å²) in [5, 5.41) is 3.28. The van der Waals surface area contributed by atoms with Gasteiger partial charge in [0.15, 0.2) is 5.17 Å². The molecular formula is C33H34N6O4S. The number of nitrogens with one attached hydrogen (secondary N) is 1. The molecule has 44 heavy (non-hydrogen) atoms. The summed E-state index contributed by atoms with van der Waals surface area (Å²) in [5.41, 5.74) is 3.27. The van der Waals surface area contributed by atoms with Crippen molar-refractivity contribution in [1.82, 2.24) is 9.80 Å². The van der Waals surface area contributed by atoms with E-state index < -0.39 is 6.04 Å². The summed E-state index contributed by atoms with van der Waals surface area (Å²) in [6, 6.07) is 24.2. The van der Waals surface area contributed by atoms with Crippen molar-refractivity contribution in [3.63, 3.8) is 0 Å². The molecule has 0 radical (unpaired) electrons. The lowest BCUT2D eigenvalue weighted by Crippen LogP contribution is -2.49. The Morgan fingerprint density at radius 2 is 1.68 bits per heavy atom. The van der Waals surface area contributed by atoms with E-state index in [0.717, 1.165) is 30.1 Å². The third kappa shape index (κ3) is 6.47. The predicted molar refractivity (Wildman–Crippen MR) is 174 cm³/mol. The lowest BCUT2D eigenvalue weighted by atomic mass is 10.1. The van der Waals surface area contributed by atoms with Crippen LogP contribution in [0.4, 0.5) is 17.1 Å². The number of hydrogen-bond acceptors (Lipinski definition) is 8. The highest BCUT2D eigenvalue weighted by Gasteiger charge is 2.41. The van der Waals surface area contributed by atoms with Gasteiger partial charge in [-0.1, -0.05) is 42.1 Å². The maximum atomic E-state index is 13.6. The second kappa shape index (κ2) is 13.3. The molecule has 3 aromatic carbocycles. The highest BCUT2D eigenvalue weighted by molar-refractivity contribution is 8.14. The highest BCUT2D eigenvalue weighted by Crippen LogP contribution is 2.34. The van der Waals surface area contributed by atoms with E-state index in [4.69, 9.17) is 14.7 Å². The Morgan fingerprint density at radius 3 is 2.43 bits per heavy atom. The van der Waals surface area contributed by atoms with Crippen LogP contribution in [0.15, 0.2) is 88.8 Å². The van der Waals surface area contributed by atoms with Gasteiger partial charge >= 0.3 is 0 Å². The zero-order valence-corrected chi connectivity index (χ0v) is 25.3. The molecule has 0 unspecified atom stereocenters. The average molecular weight is 611 g/mol. The van der Waals surface area contributed by atoms with Crippen LogP contribution in [0.2, 0.25) is 0 Å². The molecule has 0 spiro atoms. The summed E-state index contributed by atoms with van der Waals surface area (Å²) >= 11 is 1.18. The fraction of sp³-hybridized carbons (Fsp3) is 0.303. The van der Waals surface area contributed by atoms with Crippen molar-refractivity contribution in [2.75, 3.05) is 48.8 Å². The fourth-order valence-corrected chi connectivity index (χ4v) is 6.29. The first kappa shape index (κ1) is 29.4. The van der Waals surface area contributed by atoms with Crippen LogP contribution in [0.3, 0.4) is 0 Å². The van der Waals surface area contributed by atoms with Gasteiger partial charge in [-0.25, -0.2) is 9.89 Å². The van der Waals surface area contributed by atoms with Crippen LogP contribution in [0.25, 0.3) is 0 Å². The van der Waals surface area contributed by atoms with Gasteiger partial charge in [0, 0.05) is 49.5 Å². The Kier molecular flexibility index (Phi) is 8.92. The van der Waals surface area contributed by atoms with Gasteiger partial charge in [0.05, 0.1) is 18.0 Å². The molecule has 0 aliphatic carbocycles. The number of carbonyl (C=O) groups excluding carboxylic acids is 3. The lowest BCUT2D eigenvalue weighted by molar-refractivity contribution is -0.132. The number of rotatable bonds is 9. The Balaban J connectivity index is 1.07. The van der Waals surface area contributed by atoms with Crippen LogP contribution in [0.1, 0.15) is 25.3 Å². The minimum absolute atomic E-state index is 0.0326. The topological polar surface area (TPSA) is 107 Å². The van der Waals surface area contributed by atoms with E-state index in [1.54, 1.807) is 24.3 Å². The van der Waals surface area contributed by atoms with Gasteiger partial charge in [-0.2, -0.15) is 0 Å². The zero-order chi connectivity index (χ0) is 30.5. The van der Waals surface area contributed by atoms with Crippen molar-refractivity contribution < 1.29 is 19.1 Å². The van der Waals surface area contributed by atoms with E-state index in [0.29, 0.717) is 48.5 Å². The molecular weight excluding hydrogens is 576 g/mol. The summed E-state index contributed by atoms with van der Waals surface area (Å²) in [6.45, 7) is 5.32. The second-order valence-electron chi connectivity index (χ2n) is 10.6. The van der Waals surface area contributed by atoms with E-state index in [9.17, 15) is 14.4 Å². The summed E-state index contributed by atoms with van der Waals surface area (Å²) in [7, 11) is 0. The Bertz CT molecular complexity index is 1590. The molecule has 10 nitrogen and oxygen atoms in total. The maximum absolute atomic E-state index is 13.6. The van der Waals surface area contributed by atoms with E-state index in [2.05, 4.69) is 22.3 Å². The number of fused-ring (bicyclic) bond motifs is 3. The van der Waals surface area contributed by atoms with Gasteiger partial charge in [-0.05, 0) is 61.9 Å². The summed E-state index contributed by atoms with van der Waals surface area (Å²) < 4.78 is 5.46. The Hall–Kier alpha value is -4.64. The molecule has 6 rings (SSSR count). The third-order valence-corrected chi connectivity index (χ3v) is 8.65. The number of para-hydroxylation sites is 2. The van der Waals surface area contributed by atoms with Gasteiger partial charge in [0.1, 0.15) is 17.6 Å². The predicted octanol–water partition coefficient (Wildman–Crippen LogP) is 4.54. The van der Waals surface area contributed by atoms with Crippen molar-refractivity contribution in [1.29, 1.82) is 0 Å². The molecule has 1 atom stereocenters. The standard InChI is InChI=1S/C33H34N6O4S/c1-2-43-25-14-12-23(13-15-25)34-29(40)22-44-33-36-27-11-7-6-10-26(27)31-35-28(32(42)39(31)33)16-17-30(41)38-20-18-37(19-21-38)24-8-4-3-5-9-24/h3-15,28H,2,16-22H2,1H3,(H,34,40)/t28-/m0/s1. The molecule has 0 bridgehead atoms. The average Bonchev–Trinajstić information content (AvgIpc) is 3.40. The molecule has 11 heteroatoms. The third-order valence-electron chi connectivity index (χ3n) is 7.71. The number of hydrogen-bond donors (Lipinski definition) is 1. The monoisotopic (exact) mass is 610 g/mol. The molecule has 0 saturated carbocycles. The number of benzene rings is 3. The molecule has 3 aliphatic heterocycles. The van der Waals surface area contributed by atoms with Gasteiger partial charge < -0.3 is 19.9 Å².